The monoisotopic (exact) mass is 547 g/mol. The molecule has 0 aliphatic rings. The summed E-state index contributed by atoms with van der Waals surface area (Å²) in [6.45, 7) is 0. The van der Waals surface area contributed by atoms with Gasteiger partial charge in [0.25, 0.3) is 0 Å². The van der Waals surface area contributed by atoms with E-state index in [1.807, 2.05) is 0 Å². The second-order valence-corrected chi connectivity index (χ2v) is 11.1. The normalized spacial score (nSPS) is 11.7. The Labute approximate surface area is 248 Å². The van der Waals surface area contributed by atoms with Crippen molar-refractivity contribution < 1.29 is 0 Å². The topological polar surface area (TPSA) is 30.7 Å². The van der Waals surface area contributed by atoms with Crippen LogP contribution in [-0.2, 0) is 0 Å². The number of nitrogens with zero attached hydrogens (tertiary/aromatic N) is 3. The van der Waals surface area contributed by atoms with Crippen LogP contribution < -0.4 is 0 Å². The van der Waals surface area contributed by atoms with E-state index in [0.717, 1.165) is 33.1 Å². The molecule has 9 aromatic rings. The van der Waals surface area contributed by atoms with Crippen molar-refractivity contribution in [1.82, 2.24) is 14.5 Å². The maximum atomic E-state index is 4.77. The Morgan fingerprint density at radius 1 is 0.349 bits per heavy atom. The fourth-order valence-electron chi connectivity index (χ4n) is 6.71. The van der Waals surface area contributed by atoms with Gasteiger partial charge in [0.2, 0.25) is 0 Å². The molecular formula is C40H25N3. The van der Waals surface area contributed by atoms with Gasteiger partial charge in [-0.05, 0) is 69.4 Å². The van der Waals surface area contributed by atoms with Gasteiger partial charge >= 0.3 is 0 Å². The van der Waals surface area contributed by atoms with Gasteiger partial charge in [0.05, 0.1) is 22.1 Å². The zero-order valence-corrected chi connectivity index (χ0v) is 23.3. The molecule has 0 aliphatic carbocycles. The van der Waals surface area contributed by atoms with Crippen molar-refractivity contribution in [1.29, 1.82) is 0 Å². The number of benzene rings is 7. The highest BCUT2D eigenvalue weighted by molar-refractivity contribution is 6.23. The van der Waals surface area contributed by atoms with Crippen LogP contribution in [0.3, 0.4) is 0 Å². The van der Waals surface area contributed by atoms with Crippen LogP contribution in [-0.4, -0.2) is 14.5 Å². The number of para-hydroxylation sites is 2. The quantitative estimate of drug-likeness (QED) is 0.206. The minimum absolute atomic E-state index is 0.938. The average Bonchev–Trinajstić information content (AvgIpc) is 3.43. The first kappa shape index (κ1) is 23.9. The highest BCUT2D eigenvalue weighted by Crippen LogP contribution is 2.37. The second kappa shape index (κ2) is 9.37. The van der Waals surface area contributed by atoms with Crippen molar-refractivity contribution in [2.24, 2.45) is 0 Å². The molecule has 2 aromatic heterocycles. The maximum Gasteiger partial charge on any atom is 0.0971 e. The van der Waals surface area contributed by atoms with E-state index in [1.165, 1.54) is 49.3 Å². The molecular weight excluding hydrogens is 522 g/mol. The summed E-state index contributed by atoms with van der Waals surface area (Å²) < 4.78 is 2.37. The molecule has 9 rings (SSSR count). The predicted molar refractivity (Wildman–Crippen MR) is 180 cm³/mol. The average molecular weight is 548 g/mol. The maximum absolute atomic E-state index is 4.77. The third-order valence-corrected chi connectivity index (χ3v) is 8.66. The van der Waals surface area contributed by atoms with Crippen LogP contribution in [0.5, 0.6) is 0 Å². The summed E-state index contributed by atoms with van der Waals surface area (Å²) in [4.78, 5) is 9.49. The highest BCUT2D eigenvalue weighted by Gasteiger charge is 2.14. The van der Waals surface area contributed by atoms with E-state index >= 15 is 0 Å². The Balaban J connectivity index is 1.19. The molecule has 2 heterocycles. The van der Waals surface area contributed by atoms with Crippen LogP contribution in [0.1, 0.15) is 0 Å². The predicted octanol–water partition coefficient (Wildman–Crippen LogP) is 10.4. The Morgan fingerprint density at radius 2 is 0.860 bits per heavy atom. The lowest BCUT2D eigenvalue weighted by atomic mass is 9.94. The van der Waals surface area contributed by atoms with E-state index in [2.05, 4.69) is 144 Å². The molecule has 0 aliphatic heterocycles. The molecule has 0 atom stereocenters. The van der Waals surface area contributed by atoms with E-state index in [4.69, 9.17) is 9.97 Å². The summed E-state index contributed by atoms with van der Waals surface area (Å²) in [5.41, 5.74) is 10.2. The lowest BCUT2D eigenvalue weighted by Crippen LogP contribution is -1.94. The summed E-state index contributed by atoms with van der Waals surface area (Å²) in [5.74, 6) is 0. The molecule has 0 amide bonds. The number of hydrogen-bond acceptors (Lipinski definition) is 2. The van der Waals surface area contributed by atoms with Gasteiger partial charge in [0.15, 0.2) is 0 Å². The van der Waals surface area contributed by atoms with E-state index in [-0.39, 0.29) is 0 Å². The van der Waals surface area contributed by atoms with Crippen LogP contribution in [0, 0.1) is 0 Å². The van der Waals surface area contributed by atoms with Crippen LogP contribution in [0.2, 0.25) is 0 Å². The molecule has 200 valence electrons. The first-order valence-corrected chi connectivity index (χ1v) is 14.6. The van der Waals surface area contributed by atoms with Crippen molar-refractivity contribution in [3.8, 4) is 27.9 Å². The Bertz CT molecular complexity index is 2430. The smallest absolute Gasteiger partial charge is 0.0971 e. The summed E-state index contributed by atoms with van der Waals surface area (Å²) in [6, 6.07) is 50.2. The van der Waals surface area contributed by atoms with Crippen LogP contribution in [0.4, 0.5) is 0 Å². The number of aromatic nitrogens is 3. The lowest BCUT2D eigenvalue weighted by molar-refractivity contribution is 1.18. The van der Waals surface area contributed by atoms with Gasteiger partial charge in [-0.25, -0.2) is 0 Å². The minimum atomic E-state index is 0.938. The Hall–Kier alpha value is -5.80. The third-order valence-electron chi connectivity index (χ3n) is 8.66. The summed E-state index contributed by atoms with van der Waals surface area (Å²) in [5, 5.41) is 7.20. The van der Waals surface area contributed by atoms with Gasteiger partial charge in [-0.3, -0.25) is 9.97 Å². The number of fused-ring (bicyclic) bond motifs is 9. The number of rotatable bonds is 3. The van der Waals surface area contributed by atoms with Crippen molar-refractivity contribution >= 4 is 54.4 Å². The fraction of sp³-hybridized carbons (Fsp3) is 0. The minimum Gasteiger partial charge on any atom is -0.309 e. The summed E-state index contributed by atoms with van der Waals surface area (Å²) in [7, 11) is 0. The molecule has 0 unspecified atom stereocenters. The van der Waals surface area contributed by atoms with Crippen LogP contribution in [0.25, 0.3) is 82.3 Å². The Morgan fingerprint density at radius 3 is 1.56 bits per heavy atom. The first-order chi connectivity index (χ1) is 21.3. The Kier molecular flexibility index (Phi) is 5.20. The van der Waals surface area contributed by atoms with Crippen molar-refractivity contribution in [3.63, 3.8) is 0 Å². The fourth-order valence-corrected chi connectivity index (χ4v) is 6.71. The van der Waals surface area contributed by atoms with Gasteiger partial charge in [-0.2, -0.15) is 0 Å². The molecule has 0 radical (unpaired) electrons. The molecule has 0 bridgehead atoms. The van der Waals surface area contributed by atoms with Gasteiger partial charge in [-0.1, -0.05) is 103 Å². The molecule has 43 heavy (non-hydrogen) atoms. The van der Waals surface area contributed by atoms with Gasteiger partial charge < -0.3 is 4.57 Å². The van der Waals surface area contributed by atoms with E-state index in [1.54, 1.807) is 12.4 Å². The highest BCUT2D eigenvalue weighted by atomic mass is 15.0. The van der Waals surface area contributed by atoms with Gasteiger partial charge in [0, 0.05) is 39.6 Å². The van der Waals surface area contributed by atoms with Gasteiger partial charge in [-0.15, -0.1) is 0 Å². The third kappa shape index (κ3) is 3.68. The lowest BCUT2D eigenvalue weighted by Gasteiger charge is -2.12. The van der Waals surface area contributed by atoms with Crippen molar-refractivity contribution in [2.75, 3.05) is 0 Å². The largest absolute Gasteiger partial charge is 0.309 e. The van der Waals surface area contributed by atoms with E-state index < -0.39 is 0 Å². The molecule has 7 aromatic carbocycles. The molecule has 3 heteroatoms. The SMILES string of the molecule is c1cc(-c2cccc(-n3c4ccccc4c4ccccc43)c2)cc(-c2ccc3c4ccccc4c4nccnc4c3c2)c1. The molecule has 0 fully saturated rings. The molecule has 0 N–H and O–H groups in total. The van der Waals surface area contributed by atoms with Crippen molar-refractivity contribution in [2.45, 2.75) is 0 Å². The zero-order chi connectivity index (χ0) is 28.3. The second-order valence-electron chi connectivity index (χ2n) is 11.1. The molecule has 0 saturated carbocycles. The molecule has 0 spiro atoms. The molecule has 0 saturated heterocycles. The summed E-state index contributed by atoms with van der Waals surface area (Å²) >= 11 is 0. The first-order valence-electron chi connectivity index (χ1n) is 14.6. The standard InChI is InChI=1S/C40H25N3/c1-2-16-35-31(13-1)32-20-19-29(25-36(32)40-39(35)41-21-22-42-40)27-10-7-9-26(23-27)28-11-8-12-30(24-28)43-37-17-5-3-14-33(37)34-15-4-6-18-38(34)43/h1-25H. The van der Waals surface area contributed by atoms with E-state index in [0.29, 0.717) is 0 Å². The van der Waals surface area contributed by atoms with Crippen LogP contribution in [0.15, 0.2) is 152 Å². The summed E-state index contributed by atoms with van der Waals surface area (Å²) in [6.07, 6.45) is 3.56. The van der Waals surface area contributed by atoms with Gasteiger partial charge in [0.1, 0.15) is 0 Å². The molecule has 3 nitrogen and oxygen atoms in total. The van der Waals surface area contributed by atoms with Crippen molar-refractivity contribution in [3.05, 3.63) is 152 Å². The van der Waals surface area contributed by atoms with E-state index in [9.17, 15) is 0 Å². The number of hydrogen-bond donors (Lipinski definition) is 0. The zero-order valence-electron chi connectivity index (χ0n) is 23.3. The van der Waals surface area contributed by atoms with Crippen LogP contribution >= 0.6 is 0 Å².